The molecule has 146 valence electrons. The van der Waals surface area contributed by atoms with Gasteiger partial charge in [-0.1, -0.05) is 18.2 Å². The molecule has 2 heterocycles. The van der Waals surface area contributed by atoms with Crippen LogP contribution in [0.5, 0.6) is 11.5 Å². The summed E-state index contributed by atoms with van der Waals surface area (Å²) in [5.74, 6) is 0.0147. The highest BCUT2D eigenvalue weighted by molar-refractivity contribution is 6.02. The van der Waals surface area contributed by atoms with Crippen LogP contribution in [0.3, 0.4) is 0 Å². The molecule has 1 atom stereocenters. The third kappa shape index (κ3) is 4.57. The molecule has 1 aromatic heterocycles. The van der Waals surface area contributed by atoms with Gasteiger partial charge in [0.25, 0.3) is 5.91 Å². The number of benzene rings is 2. The number of carbonyl (C=O) groups excluding carboxylic acids is 2. The molecule has 6 nitrogen and oxygen atoms in total. The zero-order chi connectivity index (χ0) is 20.2. The maximum absolute atomic E-state index is 13.2. The van der Waals surface area contributed by atoms with E-state index in [1.165, 1.54) is 24.4 Å². The third-order valence-electron chi connectivity index (χ3n) is 4.54. The average molecular weight is 391 g/mol. The van der Waals surface area contributed by atoms with Gasteiger partial charge in [-0.3, -0.25) is 9.59 Å². The maximum atomic E-state index is 13.2. The summed E-state index contributed by atoms with van der Waals surface area (Å²) in [5.41, 5.74) is 1.78. The normalized spacial score (nSPS) is 15.6. The van der Waals surface area contributed by atoms with Gasteiger partial charge in [0.1, 0.15) is 23.0 Å². The monoisotopic (exact) mass is 391 g/mol. The van der Waals surface area contributed by atoms with Gasteiger partial charge >= 0.3 is 0 Å². The van der Waals surface area contributed by atoms with Crippen molar-refractivity contribution in [2.45, 2.75) is 18.9 Å². The predicted molar refractivity (Wildman–Crippen MR) is 105 cm³/mol. The highest BCUT2D eigenvalue weighted by Gasteiger charge is 2.22. The molecule has 2 aromatic carbocycles. The fraction of sp³-hybridized carbons (Fsp3) is 0.136. The van der Waals surface area contributed by atoms with Crippen molar-refractivity contribution < 1.29 is 18.7 Å². The van der Waals surface area contributed by atoms with E-state index in [1.807, 2.05) is 18.2 Å². The van der Waals surface area contributed by atoms with E-state index in [-0.39, 0.29) is 23.6 Å². The van der Waals surface area contributed by atoms with E-state index in [0.29, 0.717) is 23.6 Å². The van der Waals surface area contributed by atoms with Crippen LogP contribution in [0, 0.1) is 5.82 Å². The molecule has 1 aliphatic rings. The molecule has 2 N–H and O–H groups in total. The molecule has 1 unspecified atom stereocenters. The number of halogens is 1. The number of carbonyl (C=O) groups is 2. The zero-order valence-corrected chi connectivity index (χ0v) is 15.4. The standard InChI is InChI=1S/C22H18FN3O3/c23-15-4-2-6-17(12-15)29-18-7-8-20(24-13-18)22(28)25-16-5-1-3-14(11-16)19-9-10-21(27)26-19/h1-8,11-13,19H,9-10H2,(H,25,28)(H,26,27). The molecular weight excluding hydrogens is 373 g/mol. The Morgan fingerprint density at radius 3 is 2.69 bits per heavy atom. The third-order valence-corrected chi connectivity index (χ3v) is 4.54. The van der Waals surface area contributed by atoms with E-state index in [2.05, 4.69) is 15.6 Å². The Hall–Kier alpha value is -3.74. The first kappa shape index (κ1) is 18.6. The highest BCUT2D eigenvalue weighted by atomic mass is 19.1. The summed E-state index contributed by atoms with van der Waals surface area (Å²) < 4.78 is 18.7. The Morgan fingerprint density at radius 1 is 1.10 bits per heavy atom. The van der Waals surface area contributed by atoms with Crippen LogP contribution in [0.4, 0.5) is 10.1 Å². The van der Waals surface area contributed by atoms with Crippen LogP contribution < -0.4 is 15.4 Å². The molecule has 1 fully saturated rings. The first-order valence-electron chi connectivity index (χ1n) is 9.17. The lowest BCUT2D eigenvalue weighted by Crippen LogP contribution is -2.18. The van der Waals surface area contributed by atoms with Gasteiger partial charge in [0.05, 0.1) is 12.2 Å². The van der Waals surface area contributed by atoms with Gasteiger partial charge in [0.2, 0.25) is 5.91 Å². The van der Waals surface area contributed by atoms with Crippen LogP contribution in [-0.2, 0) is 4.79 Å². The summed E-state index contributed by atoms with van der Waals surface area (Å²) in [4.78, 5) is 28.0. The zero-order valence-electron chi connectivity index (χ0n) is 15.4. The molecule has 4 rings (SSSR count). The van der Waals surface area contributed by atoms with Crippen molar-refractivity contribution in [1.29, 1.82) is 0 Å². The Bertz CT molecular complexity index is 1050. The number of amides is 2. The van der Waals surface area contributed by atoms with Crippen LogP contribution in [-0.4, -0.2) is 16.8 Å². The summed E-state index contributed by atoms with van der Waals surface area (Å²) >= 11 is 0. The van der Waals surface area contributed by atoms with Gasteiger partial charge in [-0.05, 0) is 48.4 Å². The Kier molecular flexibility index (Phi) is 5.20. The lowest BCUT2D eigenvalue weighted by Gasteiger charge is -2.12. The lowest BCUT2D eigenvalue weighted by atomic mass is 10.0. The first-order valence-corrected chi connectivity index (χ1v) is 9.17. The van der Waals surface area contributed by atoms with Crippen molar-refractivity contribution in [3.05, 3.63) is 83.9 Å². The minimum Gasteiger partial charge on any atom is -0.456 e. The maximum Gasteiger partial charge on any atom is 0.274 e. The van der Waals surface area contributed by atoms with Crippen molar-refractivity contribution in [3.8, 4) is 11.5 Å². The quantitative estimate of drug-likeness (QED) is 0.683. The van der Waals surface area contributed by atoms with Crippen LogP contribution in [0.15, 0.2) is 66.9 Å². The second-order valence-corrected chi connectivity index (χ2v) is 6.68. The minimum absolute atomic E-state index is 0.0308. The van der Waals surface area contributed by atoms with Gasteiger partial charge in [-0.2, -0.15) is 0 Å². The number of nitrogens with one attached hydrogen (secondary N) is 2. The first-order chi connectivity index (χ1) is 14.1. The highest BCUT2D eigenvalue weighted by Crippen LogP contribution is 2.26. The number of nitrogens with zero attached hydrogens (tertiary/aromatic N) is 1. The summed E-state index contributed by atoms with van der Waals surface area (Å²) in [6.07, 6.45) is 2.66. The summed E-state index contributed by atoms with van der Waals surface area (Å²) in [6.45, 7) is 0. The molecule has 2 amide bonds. The molecule has 29 heavy (non-hydrogen) atoms. The average Bonchev–Trinajstić information content (AvgIpc) is 3.15. The number of anilines is 1. The van der Waals surface area contributed by atoms with Crippen molar-refractivity contribution in [3.63, 3.8) is 0 Å². The van der Waals surface area contributed by atoms with Gasteiger partial charge < -0.3 is 15.4 Å². The second kappa shape index (κ2) is 8.10. The number of ether oxygens (including phenoxy) is 1. The lowest BCUT2D eigenvalue weighted by molar-refractivity contribution is -0.119. The second-order valence-electron chi connectivity index (χ2n) is 6.68. The van der Waals surface area contributed by atoms with Crippen LogP contribution >= 0.6 is 0 Å². The Balaban J connectivity index is 1.41. The summed E-state index contributed by atoms with van der Waals surface area (Å²) in [6, 6.07) is 16.2. The molecular formula is C22H18FN3O3. The molecule has 7 heteroatoms. The molecule has 0 bridgehead atoms. The van der Waals surface area contributed by atoms with Gasteiger partial charge in [0.15, 0.2) is 0 Å². The van der Waals surface area contributed by atoms with Crippen molar-refractivity contribution in [2.75, 3.05) is 5.32 Å². The number of aromatic nitrogens is 1. The van der Waals surface area contributed by atoms with Crippen LogP contribution in [0.1, 0.15) is 34.9 Å². The molecule has 0 spiro atoms. The molecule has 0 saturated carbocycles. The van der Waals surface area contributed by atoms with Crippen molar-refractivity contribution in [1.82, 2.24) is 10.3 Å². The van der Waals surface area contributed by atoms with E-state index < -0.39 is 5.82 Å². The van der Waals surface area contributed by atoms with Crippen molar-refractivity contribution >= 4 is 17.5 Å². The molecule has 0 aliphatic carbocycles. The molecule has 1 aliphatic heterocycles. The van der Waals surface area contributed by atoms with Gasteiger partial charge in [-0.15, -0.1) is 0 Å². The summed E-state index contributed by atoms with van der Waals surface area (Å²) in [7, 11) is 0. The SMILES string of the molecule is O=C1CCC(c2cccc(NC(=O)c3ccc(Oc4cccc(F)c4)cn3)c2)N1. The molecule has 1 saturated heterocycles. The summed E-state index contributed by atoms with van der Waals surface area (Å²) in [5, 5.41) is 5.72. The Morgan fingerprint density at radius 2 is 1.97 bits per heavy atom. The van der Waals surface area contributed by atoms with E-state index >= 15 is 0 Å². The number of pyridine rings is 1. The number of hydrogen-bond donors (Lipinski definition) is 2. The minimum atomic E-state index is -0.397. The largest absolute Gasteiger partial charge is 0.456 e. The van der Waals surface area contributed by atoms with Gasteiger partial charge in [0, 0.05) is 18.2 Å². The molecule has 0 radical (unpaired) electrons. The van der Waals surface area contributed by atoms with Crippen molar-refractivity contribution in [2.24, 2.45) is 0 Å². The fourth-order valence-electron chi connectivity index (χ4n) is 3.13. The van der Waals surface area contributed by atoms with E-state index in [9.17, 15) is 14.0 Å². The Labute approximate surface area is 166 Å². The fourth-order valence-corrected chi connectivity index (χ4v) is 3.13. The van der Waals surface area contributed by atoms with Crippen LogP contribution in [0.2, 0.25) is 0 Å². The number of hydrogen-bond acceptors (Lipinski definition) is 4. The van der Waals surface area contributed by atoms with Crippen LogP contribution in [0.25, 0.3) is 0 Å². The number of rotatable bonds is 5. The van der Waals surface area contributed by atoms with E-state index in [1.54, 1.807) is 24.3 Å². The van der Waals surface area contributed by atoms with E-state index in [4.69, 9.17) is 4.74 Å². The van der Waals surface area contributed by atoms with Gasteiger partial charge in [-0.25, -0.2) is 9.37 Å². The smallest absolute Gasteiger partial charge is 0.274 e. The van der Waals surface area contributed by atoms with E-state index in [0.717, 1.165) is 12.0 Å². The topological polar surface area (TPSA) is 80.3 Å². The predicted octanol–water partition coefficient (Wildman–Crippen LogP) is 4.22. The molecule has 3 aromatic rings.